The first-order valence-electron chi connectivity index (χ1n) is 7.90. The lowest BCUT2D eigenvalue weighted by Gasteiger charge is -2.23. The van der Waals surface area contributed by atoms with Crippen molar-refractivity contribution < 1.29 is 4.74 Å². The Morgan fingerprint density at radius 1 is 1.27 bits per heavy atom. The highest BCUT2D eigenvalue weighted by Crippen LogP contribution is 2.23. The molecule has 0 amide bonds. The lowest BCUT2D eigenvalue weighted by Crippen LogP contribution is -2.34. The molecule has 5 nitrogen and oxygen atoms in total. The number of nitriles is 1. The first-order chi connectivity index (χ1) is 10.6. The zero-order chi connectivity index (χ0) is 15.9. The van der Waals surface area contributed by atoms with Gasteiger partial charge in [0, 0.05) is 37.9 Å². The Morgan fingerprint density at radius 3 is 2.77 bits per heavy atom. The van der Waals surface area contributed by atoms with E-state index < -0.39 is 0 Å². The van der Waals surface area contributed by atoms with Gasteiger partial charge in [0.1, 0.15) is 0 Å². The first kappa shape index (κ1) is 16.9. The molecule has 1 saturated heterocycles. The molecule has 2 heterocycles. The van der Waals surface area contributed by atoms with Crippen LogP contribution in [-0.4, -0.2) is 67.8 Å². The van der Waals surface area contributed by atoms with Crippen LogP contribution in [0, 0.1) is 11.3 Å². The Bertz CT molecular complexity index is 512. The molecule has 5 heteroatoms. The molecule has 0 spiro atoms. The third-order valence-electron chi connectivity index (χ3n) is 4.02. The second-order valence-corrected chi connectivity index (χ2v) is 6.37. The van der Waals surface area contributed by atoms with E-state index in [-0.39, 0.29) is 6.10 Å². The molecular weight excluding hydrogens is 276 g/mol. The SMILES string of the molecule is CN(C)CCN(C)C[C@H]1CC[C@@H](Cc2cc(C#N)ccn2)O1. The van der Waals surface area contributed by atoms with E-state index in [1.165, 1.54) is 0 Å². The minimum atomic E-state index is 0.230. The van der Waals surface area contributed by atoms with Gasteiger partial charge < -0.3 is 14.5 Å². The summed E-state index contributed by atoms with van der Waals surface area (Å²) >= 11 is 0. The molecule has 1 aliphatic heterocycles. The second kappa shape index (κ2) is 8.23. The summed E-state index contributed by atoms with van der Waals surface area (Å²) in [4.78, 5) is 8.87. The molecule has 0 unspecified atom stereocenters. The average Bonchev–Trinajstić information content (AvgIpc) is 2.92. The van der Waals surface area contributed by atoms with E-state index in [1.807, 2.05) is 6.07 Å². The van der Waals surface area contributed by atoms with Crippen molar-refractivity contribution in [3.05, 3.63) is 29.6 Å². The van der Waals surface area contributed by atoms with Crippen molar-refractivity contribution in [2.75, 3.05) is 40.8 Å². The monoisotopic (exact) mass is 302 g/mol. The fourth-order valence-electron chi connectivity index (χ4n) is 2.77. The van der Waals surface area contributed by atoms with E-state index in [4.69, 9.17) is 10.00 Å². The number of likely N-dealkylation sites (N-methyl/N-ethyl adjacent to an activating group) is 2. The Hall–Kier alpha value is -1.48. The summed E-state index contributed by atoms with van der Waals surface area (Å²) in [5, 5.41) is 8.94. The van der Waals surface area contributed by atoms with Gasteiger partial charge in [0.2, 0.25) is 0 Å². The molecule has 0 N–H and O–H groups in total. The standard InChI is InChI=1S/C17H26N4O/c1-20(2)8-9-21(3)13-17-5-4-16(22-17)11-15-10-14(12-18)6-7-19-15/h6-7,10,16-17H,4-5,8-9,11,13H2,1-3H3/t16-,17+/m0/s1. The van der Waals surface area contributed by atoms with Crippen LogP contribution in [0.25, 0.3) is 0 Å². The molecule has 0 aliphatic carbocycles. The number of hydrogen-bond acceptors (Lipinski definition) is 5. The van der Waals surface area contributed by atoms with E-state index >= 15 is 0 Å². The fraction of sp³-hybridized carbons (Fsp3) is 0.647. The number of nitrogens with zero attached hydrogens (tertiary/aromatic N) is 4. The van der Waals surface area contributed by atoms with Crippen LogP contribution in [0.3, 0.4) is 0 Å². The normalized spacial score (nSPS) is 21.5. The molecule has 1 aromatic rings. The molecule has 1 aromatic heterocycles. The van der Waals surface area contributed by atoms with Crippen LogP contribution in [0.5, 0.6) is 0 Å². The van der Waals surface area contributed by atoms with Crippen molar-refractivity contribution in [1.82, 2.24) is 14.8 Å². The smallest absolute Gasteiger partial charge is 0.0992 e. The molecule has 2 atom stereocenters. The number of ether oxygens (including phenoxy) is 1. The van der Waals surface area contributed by atoms with Crippen LogP contribution in [0.15, 0.2) is 18.3 Å². The summed E-state index contributed by atoms with van der Waals surface area (Å²) < 4.78 is 6.14. The molecule has 0 radical (unpaired) electrons. The highest BCUT2D eigenvalue weighted by molar-refractivity contribution is 5.28. The van der Waals surface area contributed by atoms with Crippen molar-refractivity contribution in [3.8, 4) is 6.07 Å². The molecule has 0 bridgehead atoms. The molecule has 22 heavy (non-hydrogen) atoms. The first-order valence-corrected chi connectivity index (χ1v) is 7.90. The van der Waals surface area contributed by atoms with Crippen LogP contribution in [-0.2, 0) is 11.2 Å². The second-order valence-electron chi connectivity index (χ2n) is 6.37. The Morgan fingerprint density at radius 2 is 2.05 bits per heavy atom. The summed E-state index contributed by atoms with van der Waals surface area (Å²) in [5.74, 6) is 0. The highest BCUT2D eigenvalue weighted by Gasteiger charge is 2.26. The van der Waals surface area contributed by atoms with Crippen LogP contribution < -0.4 is 0 Å². The maximum atomic E-state index is 8.94. The highest BCUT2D eigenvalue weighted by atomic mass is 16.5. The lowest BCUT2D eigenvalue weighted by molar-refractivity contribution is 0.0267. The van der Waals surface area contributed by atoms with E-state index in [2.05, 4.69) is 42.0 Å². The fourth-order valence-corrected chi connectivity index (χ4v) is 2.77. The predicted molar refractivity (Wildman–Crippen MR) is 86.6 cm³/mol. The third kappa shape index (κ3) is 5.38. The summed E-state index contributed by atoms with van der Waals surface area (Å²) in [6.45, 7) is 3.11. The van der Waals surface area contributed by atoms with Gasteiger partial charge in [0.15, 0.2) is 0 Å². The molecular formula is C17H26N4O. The van der Waals surface area contributed by atoms with E-state index in [9.17, 15) is 0 Å². The number of pyridine rings is 1. The van der Waals surface area contributed by atoms with Crippen molar-refractivity contribution in [3.63, 3.8) is 0 Å². The van der Waals surface area contributed by atoms with Crippen LogP contribution >= 0.6 is 0 Å². The quantitative estimate of drug-likeness (QED) is 0.764. The van der Waals surface area contributed by atoms with Gasteiger partial charge in [0.25, 0.3) is 0 Å². The lowest BCUT2D eigenvalue weighted by atomic mass is 10.1. The summed E-state index contributed by atoms with van der Waals surface area (Å²) in [7, 11) is 6.34. The molecule has 1 fully saturated rings. The van der Waals surface area contributed by atoms with Gasteiger partial charge in [-0.15, -0.1) is 0 Å². The van der Waals surface area contributed by atoms with E-state index in [0.717, 1.165) is 44.6 Å². The van der Waals surface area contributed by atoms with Crippen LogP contribution in [0.2, 0.25) is 0 Å². The molecule has 0 saturated carbocycles. The largest absolute Gasteiger partial charge is 0.373 e. The molecule has 0 aromatic carbocycles. The van der Waals surface area contributed by atoms with E-state index in [1.54, 1.807) is 12.3 Å². The van der Waals surface area contributed by atoms with Gasteiger partial charge in [-0.3, -0.25) is 4.98 Å². The summed E-state index contributed by atoms with van der Waals surface area (Å²) in [6, 6.07) is 5.76. The van der Waals surface area contributed by atoms with Gasteiger partial charge in [-0.25, -0.2) is 0 Å². The minimum absolute atomic E-state index is 0.230. The van der Waals surface area contributed by atoms with Crippen molar-refractivity contribution in [1.29, 1.82) is 5.26 Å². The summed E-state index contributed by atoms with van der Waals surface area (Å²) in [6.07, 6.45) is 5.23. The van der Waals surface area contributed by atoms with Gasteiger partial charge in [-0.05, 0) is 46.1 Å². The van der Waals surface area contributed by atoms with Crippen molar-refractivity contribution in [2.45, 2.75) is 31.5 Å². The van der Waals surface area contributed by atoms with Crippen molar-refractivity contribution in [2.24, 2.45) is 0 Å². The van der Waals surface area contributed by atoms with Gasteiger partial charge in [0.05, 0.1) is 23.8 Å². The van der Waals surface area contributed by atoms with Crippen LogP contribution in [0.4, 0.5) is 0 Å². The Labute approximate surface area is 133 Å². The maximum Gasteiger partial charge on any atom is 0.0992 e. The van der Waals surface area contributed by atoms with Gasteiger partial charge >= 0.3 is 0 Å². The number of aromatic nitrogens is 1. The number of hydrogen-bond donors (Lipinski definition) is 0. The number of rotatable bonds is 7. The predicted octanol–water partition coefficient (Wildman–Crippen LogP) is 1.54. The van der Waals surface area contributed by atoms with E-state index in [0.29, 0.717) is 11.7 Å². The molecule has 2 rings (SSSR count). The third-order valence-corrected chi connectivity index (χ3v) is 4.02. The van der Waals surface area contributed by atoms with Crippen LogP contribution in [0.1, 0.15) is 24.1 Å². The average molecular weight is 302 g/mol. The van der Waals surface area contributed by atoms with Gasteiger partial charge in [-0.1, -0.05) is 0 Å². The summed E-state index contributed by atoms with van der Waals surface area (Å²) in [5.41, 5.74) is 1.62. The maximum absolute atomic E-state index is 8.94. The van der Waals surface area contributed by atoms with Crippen molar-refractivity contribution >= 4 is 0 Å². The Kier molecular flexibility index (Phi) is 6.32. The Balaban J connectivity index is 1.76. The van der Waals surface area contributed by atoms with Gasteiger partial charge in [-0.2, -0.15) is 5.26 Å². The zero-order valence-corrected chi connectivity index (χ0v) is 13.8. The molecule has 120 valence electrons. The topological polar surface area (TPSA) is 52.4 Å². The minimum Gasteiger partial charge on any atom is -0.373 e. The zero-order valence-electron chi connectivity index (χ0n) is 13.8. The molecule has 1 aliphatic rings.